The van der Waals surface area contributed by atoms with Gasteiger partial charge in [0.25, 0.3) is 0 Å². The Morgan fingerprint density at radius 3 is 2.00 bits per heavy atom. The first-order valence-corrected chi connectivity index (χ1v) is 11.5. The van der Waals surface area contributed by atoms with Crippen molar-refractivity contribution in [3.05, 3.63) is 47.0 Å². The van der Waals surface area contributed by atoms with Crippen molar-refractivity contribution in [2.24, 2.45) is 17.8 Å². The van der Waals surface area contributed by atoms with Crippen molar-refractivity contribution >= 4 is 0 Å². The second kappa shape index (κ2) is 10.3. The maximum absolute atomic E-state index is 2.62. The summed E-state index contributed by atoms with van der Waals surface area (Å²) in [5, 5.41) is 0. The van der Waals surface area contributed by atoms with Gasteiger partial charge in [-0.3, -0.25) is 0 Å². The smallest absolute Gasteiger partial charge is 0.0241 e. The van der Waals surface area contributed by atoms with E-state index >= 15 is 0 Å². The van der Waals surface area contributed by atoms with E-state index in [1.807, 2.05) is 0 Å². The Balaban J connectivity index is 1.40. The van der Waals surface area contributed by atoms with Gasteiger partial charge in [-0.25, -0.2) is 0 Å². The van der Waals surface area contributed by atoms with Gasteiger partial charge in [-0.05, 0) is 80.2 Å². The molecule has 1 unspecified atom stereocenters. The molecule has 3 rings (SSSR count). The lowest BCUT2D eigenvalue weighted by atomic mass is 9.70. The van der Waals surface area contributed by atoms with E-state index in [-0.39, 0.29) is 0 Å². The predicted octanol–water partition coefficient (Wildman–Crippen LogP) is 7.90. The number of benzene rings is 1. The molecule has 0 saturated heterocycles. The van der Waals surface area contributed by atoms with Crippen LogP contribution in [-0.4, -0.2) is 0 Å². The van der Waals surface area contributed by atoms with Gasteiger partial charge in [0.1, 0.15) is 0 Å². The highest BCUT2D eigenvalue weighted by Crippen LogP contribution is 2.41. The van der Waals surface area contributed by atoms with Gasteiger partial charge in [0.15, 0.2) is 0 Å². The SMILES string of the molecule is CCCc1ccc(CCC2=CCC([C@H]3CC[C@H](CCC)CC3)CC2)cc1. The third kappa shape index (κ3) is 5.73. The van der Waals surface area contributed by atoms with Crippen LogP contribution in [0.5, 0.6) is 0 Å². The summed E-state index contributed by atoms with van der Waals surface area (Å²) in [7, 11) is 0. The highest BCUT2D eigenvalue weighted by Gasteiger charge is 2.28. The zero-order valence-electron chi connectivity index (χ0n) is 17.3. The average molecular weight is 353 g/mol. The van der Waals surface area contributed by atoms with Crippen molar-refractivity contribution in [2.75, 3.05) is 0 Å². The van der Waals surface area contributed by atoms with Crippen LogP contribution in [0.3, 0.4) is 0 Å². The number of hydrogen-bond acceptors (Lipinski definition) is 0. The standard InChI is InChI=1S/C26H40/c1-3-5-21-7-9-23(10-8-21)11-12-24-15-19-26(20-16-24)25-17-13-22(6-4-2)14-18-25/h7-10,15,22,25-26H,3-6,11-14,16-20H2,1-2H3/t22-,25-,26?. The molecule has 0 heterocycles. The summed E-state index contributed by atoms with van der Waals surface area (Å²) >= 11 is 0. The first kappa shape index (κ1) is 19.7. The van der Waals surface area contributed by atoms with Crippen molar-refractivity contribution in [3.63, 3.8) is 0 Å². The lowest BCUT2D eigenvalue weighted by molar-refractivity contribution is 0.186. The summed E-state index contributed by atoms with van der Waals surface area (Å²) in [5.74, 6) is 3.08. The van der Waals surface area contributed by atoms with E-state index in [1.165, 1.54) is 94.6 Å². The maximum atomic E-state index is 2.62. The lowest BCUT2D eigenvalue weighted by Crippen LogP contribution is -2.23. The second-order valence-corrected chi connectivity index (χ2v) is 9.03. The van der Waals surface area contributed by atoms with Crippen LogP contribution in [-0.2, 0) is 12.8 Å². The minimum atomic E-state index is 0.995. The molecule has 2 aliphatic rings. The van der Waals surface area contributed by atoms with Crippen LogP contribution < -0.4 is 0 Å². The molecule has 0 bridgehead atoms. The summed E-state index contributed by atoms with van der Waals surface area (Å²) in [5.41, 5.74) is 4.74. The molecule has 1 saturated carbocycles. The van der Waals surface area contributed by atoms with Crippen LogP contribution in [0.25, 0.3) is 0 Å². The summed E-state index contributed by atoms with van der Waals surface area (Å²) in [4.78, 5) is 0. The van der Waals surface area contributed by atoms with Gasteiger partial charge in [-0.2, -0.15) is 0 Å². The minimum Gasteiger partial charge on any atom is -0.0850 e. The van der Waals surface area contributed by atoms with Crippen LogP contribution in [0.15, 0.2) is 35.9 Å². The molecule has 1 aromatic rings. The molecule has 1 fully saturated rings. The van der Waals surface area contributed by atoms with Crippen molar-refractivity contribution in [3.8, 4) is 0 Å². The fraction of sp³-hybridized carbons (Fsp3) is 0.692. The Kier molecular flexibility index (Phi) is 7.84. The molecular weight excluding hydrogens is 312 g/mol. The second-order valence-electron chi connectivity index (χ2n) is 9.03. The zero-order valence-corrected chi connectivity index (χ0v) is 17.3. The van der Waals surface area contributed by atoms with Crippen LogP contribution >= 0.6 is 0 Å². The number of aryl methyl sites for hydroxylation is 2. The minimum absolute atomic E-state index is 0.995. The molecule has 0 spiro atoms. The fourth-order valence-electron chi connectivity index (χ4n) is 5.39. The Hall–Kier alpha value is -1.04. The highest BCUT2D eigenvalue weighted by molar-refractivity contribution is 5.23. The summed E-state index contributed by atoms with van der Waals surface area (Å²) in [6, 6.07) is 9.37. The quantitative estimate of drug-likeness (QED) is 0.417. The van der Waals surface area contributed by atoms with E-state index in [9.17, 15) is 0 Å². The topological polar surface area (TPSA) is 0 Å². The van der Waals surface area contributed by atoms with Crippen LogP contribution in [0, 0.1) is 17.8 Å². The fourth-order valence-corrected chi connectivity index (χ4v) is 5.39. The number of allylic oxidation sites excluding steroid dienone is 2. The van der Waals surface area contributed by atoms with Crippen molar-refractivity contribution < 1.29 is 0 Å². The Morgan fingerprint density at radius 1 is 0.731 bits per heavy atom. The molecule has 0 amide bonds. The first-order chi connectivity index (χ1) is 12.8. The van der Waals surface area contributed by atoms with E-state index in [0.717, 1.165) is 17.8 Å². The summed E-state index contributed by atoms with van der Waals surface area (Å²) < 4.78 is 0. The Bertz CT molecular complexity index is 542. The van der Waals surface area contributed by atoms with Gasteiger partial charge in [0.2, 0.25) is 0 Å². The van der Waals surface area contributed by atoms with E-state index in [0.29, 0.717) is 0 Å². The van der Waals surface area contributed by atoms with Gasteiger partial charge >= 0.3 is 0 Å². The van der Waals surface area contributed by atoms with Gasteiger partial charge in [-0.15, -0.1) is 0 Å². The number of hydrogen-bond donors (Lipinski definition) is 0. The monoisotopic (exact) mass is 352 g/mol. The van der Waals surface area contributed by atoms with Gasteiger partial charge in [0, 0.05) is 0 Å². The maximum Gasteiger partial charge on any atom is -0.0241 e. The normalized spacial score (nSPS) is 26.5. The molecule has 0 N–H and O–H groups in total. The molecule has 144 valence electrons. The Labute approximate surface area is 162 Å². The van der Waals surface area contributed by atoms with Crippen molar-refractivity contribution in [1.29, 1.82) is 0 Å². The molecule has 0 radical (unpaired) electrons. The lowest BCUT2D eigenvalue weighted by Gasteiger charge is -2.35. The van der Waals surface area contributed by atoms with Gasteiger partial charge in [-0.1, -0.05) is 81.9 Å². The molecule has 0 aromatic heterocycles. The summed E-state index contributed by atoms with van der Waals surface area (Å²) in [6.07, 6.45) is 20.7. The largest absolute Gasteiger partial charge is 0.0850 e. The molecule has 1 atom stereocenters. The number of rotatable bonds is 8. The Morgan fingerprint density at radius 2 is 1.42 bits per heavy atom. The molecule has 0 nitrogen and oxygen atoms in total. The van der Waals surface area contributed by atoms with Crippen LogP contribution in [0.1, 0.15) is 95.6 Å². The first-order valence-electron chi connectivity index (χ1n) is 11.5. The molecular formula is C26H40. The molecule has 0 heteroatoms. The summed E-state index contributed by atoms with van der Waals surface area (Å²) in [6.45, 7) is 4.60. The third-order valence-corrected chi connectivity index (χ3v) is 7.10. The van der Waals surface area contributed by atoms with E-state index < -0.39 is 0 Å². The molecule has 1 aromatic carbocycles. The third-order valence-electron chi connectivity index (χ3n) is 7.10. The molecule has 0 aliphatic heterocycles. The van der Waals surface area contributed by atoms with Gasteiger partial charge in [0.05, 0.1) is 0 Å². The van der Waals surface area contributed by atoms with E-state index in [1.54, 1.807) is 5.57 Å². The van der Waals surface area contributed by atoms with Crippen LogP contribution in [0.2, 0.25) is 0 Å². The van der Waals surface area contributed by atoms with Crippen molar-refractivity contribution in [1.82, 2.24) is 0 Å². The van der Waals surface area contributed by atoms with Gasteiger partial charge < -0.3 is 0 Å². The zero-order chi connectivity index (χ0) is 18.2. The van der Waals surface area contributed by atoms with E-state index in [4.69, 9.17) is 0 Å². The molecule has 2 aliphatic carbocycles. The van der Waals surface area contributed by atoms with E-state index in [2.05, 4.69) is 44.2 Å². The highest BCUT2D eigenvalue weighted by atomic mass is 14.3. The average Bonchev–Trinajstić information content (AvgIpc) is 2.69. The molecule has 26 heavy (non-hydrogen) atoms. The van der Waals surface area contributed by atoms with Crippen molar-refractivity contribution in [2.45, 2.75) is 97.3 Å². The van der Waals surface area contributed by atoms with Crippen LogP contribution in [0.4, 0.5) is 0 Å². The predicted molar refractivity (Wildman–Crippen MR) is 115 cm³/mol.